The van der Waals surface area contributed by atoms with Crippen LogP contribution < -0.4 is 4.74 Å². The van der Waals surface area contributed by atoms with Crippen LogP contribution in [0.3, 0.4) is 0 Å². The Morgan fingerprint density at radius 1 is 1.08 bits per heavy atom. The standard InChI is InChI=1S/C19H21N3O2/c1-14-8-9-15(2)17(12-14)22-19(10-11-23)20-18(21-22)13-24-16-6-4-3-5-7-16/h3-9,12,23H,10-11,13H2,1-2H3. The van der Waals surface area contributed by atoms with E-state index in [2.05, 4.69) is 28.3 Å². The number of hydrogen-bond donors (Lipinski definition) is 1. The van der Waals surface area contributed by atoms with Crippen LogP contribution in [0.15, 0.2) is 48.5 Å². The van der Waals surface area contributed by atoms with Crippen LogP contribution in [0.2, 0.25) is 0 Å². The number of benzene rings is 2. The number of ether oxygens (including phenoxy) is 1. The van der Waals surface area contributed by atoms with E-state index in [0.717, 1.165) is 28.4 Å². The maximum Gasteiger partial charge on any atom is 0.188 e. The maximum atomic E-state index is 9.32. The van der Waals surface area contributed by atoms with Gasteiger partial charge in [-0.1, -0.05) is 30.3 Å². The summed E-state index contributed by atoms with van der Waals surface area (Å²) in [5.41, 5.74) is 3.25. The molecular weight excluding hydrogens is 302 g/mol. The van der Waals surface area contributed by atoms with Crippen molar-refractivity contribution in [2.75, 3.05) is 6.61 Å². The third-order valence-electron chi connectivity index (χ3n) is 3.76. The highest BCUT2D eigenvalue weighted by Gasteiger charge is 2.13. The number of rotatable bonds is 6. The Kier molecular flexibility index (Phi) is 4.91. The summed E-state index contributed by atoms with van der Waals surface area (Å²) in [5, 5.41) is 13.9. The lowest BCUT2D eigenvalue weighted by Crippen LogP contribution is -2.07. The number of aliphatic hydroxyl groups excluding tert-OH is 1. The van der Waals surface area contributed by atoms with Gasteiger partial charge in [-0.2, -0.15) is 0 Å². The lowest BCUT2D eigenvalue weighted by Gasteiger charge is -2.09. The molecule has 124 valence electrons. The van der Waals surface area contributed by atoms with Crippen molar-refractivity contribution in [1.82, 2.24) is 14.8 Å². The normalized spacial score (nSPS) is 10.8. The maximum absolute atomic E-state index is 9.32. The Morgan fingerprint density at radius 3 is 2.62 bits per heavy atom. The summed E-state index contributed by atoms with van der Waals surface area (Å²) in [6.45, 7) is 4.41. The van der Waals surface area contributed by atoms with Gasteiger partial charge in [0.25, 0.3) is 0 Å². The fourth-order valence-electron chi connectivity index (χ4n) is 2.52. The van der Waals surface area contributed by atoms with Crippen LogP contribution in [0, 0.1) is 13.8 Å². The summed E-state index contributed by atoms with van der Waals surface area (Å²) < 4.78 is 7.54. The van der Waals surface area contributed by atoms with Crippen LogP contribution in [0.1, 0.15) is 22.8 Å². The second-order valence-electron chi connectivity index (χ2n) is 5.72. The van der Waals surface area contributed by atoms with Gasteiger partial charge in [0, 0.05) is 6.42 Å². The second kappa shape index (κ2) is 7.27. The molecule has 2 aromatic carbocycles. The van der Waals surface area contributed by atoms with Crippen molar-refractivity contribution >= 4 is 0 Å². The topological polar surface area (TPSA) is 60.2 Å². The molecule has 0 aliphatic heterocycles. The van der Waals surface area contributed by atoms with Crippen LogP contribution in [-0.2, 0) is 13.0 Å². The zero-order valence-electron chi connectivity index (χ0n) is 13.9. The first-order valence-electron chi connectivity index (χ1n) is 7.98. The summed E-state index contributed by atoms with van der Waals surface area (Å²) in [6, 6.07) is 15.8. The molecule has 0 bridgehead atoms. The lowest BCUT2D eigenvalue weighted by atomic mass is 10.1. The molecule has 24 heavy (non-hydrogen) atoms. The fraction of sp³-hybridized carbons (Fsp3) is 0.263. The van der Waals surface area contributed by atoms with E-state index in [4.69, 9.17) is 4.74 Å². The largest absolute Gasteiger partial charge is 0.486 e. The SMILES string of the molecule is Cc1ccc(C)c(-n2nc(COc3ccccc3)nc2CCO)c1. The molecule has 1 aromatic heterocycles. The molecule has 1 heterocycles. The van der Waals surface area contributed by atoms with Crippen LogP contribution >= 0.6 is 0 Å². The molecule has 0 radical (unpaired) electrons. The van der Waals surface area contributed by atoms with Gasteiger partial charge in [-0.05, 0) is 43.2 Å². The minimum absolute atomic E-state index is 0.0303. The van der Waals surface area contributed by atoms with Gasteiger partial charge in [0.2, 0.25) is 0 Å². The van der Waals surface area contributed by atoms with Gasteiger partial charge in [0.05, 0.1) is 12.3 Å². The number of aliphatic hydroxyl groups is 1. The van der Waals surface area contributed by atoms with Gasteiger partial charge in [-0.25, -0.2) is 9.67 Å². The monoisotopic (exact) mass is 323 g/mol. The van der Waals surface area contributed by atoms with Crippen molar-refractivity contribution in [1.29, 1.82) is 0 Å². The van der Waals surface area contributed by atoms with E-state index in [1.54, 1.807) is 0 Å². The quantitative estimate of drug-likeness (QED) is 0.757. The summed E-state index contributed by atoms with van der Waals surface area (Å²) in [7, 11) is 0. The van der Waals surface area contributed by atoms with Gasteiger partial charge in [-0.3, -0.25) is 0 Å². The Labute approximate surface area is 141 Å². The number of nitrogens with zero attached hydrogens (tertiary/aromatic N) is 3. The van der Waals surface area contributed by atoms with E-state index in [-0.39, 0.29) is 6.61 Å². The minimum Gasteiger partial charge on any atom is -0.486 e. The predicted octanol–water partition coefficient (Wildman–Crippen LogP) is 3.00. The molecule has 0 aliphatic carbocycles. The summed E-state index contributed by atoms with van der Waals surface area (Å²) in [5.74, 6) is 2.12. The number of aromatic nitrogens is 3. The molecule has 0 amide bonds. The third-order valence-corrected chi connectivity index (χ3v) is 3.76. The molecule has 1 N–H and O–H groups in total. The molecule has 3 aromatic rings. The lowest BCUT2D eigenvalue weighted by molar-refractivity contribution is 0.293. The molecule has 5 nitrogen and oxygen atoms in total. The number of para-hydroxylation sites is 1. The first-order valence-corrected chi connectivity index (χ1v) is 7.98. The predicted molar refractivity (Wildman–Crippen MR) is 92.4 cm³/mol. The highest BCUT2D eigenvalue weighted by molar-refractivity contribution is 5.43. The van der Waals surface area contributed by atoms with Gasteiger partial charge < -0.3 is 9.84 Å². The van der Waals surface area contributed by atoms with Crippen LogP contribution in [-0.4, -0.2) is 26.5 Å². The van der Waals surface area contributed by atoms with Crippen molar-refractivity contribution in [3.63, 3.8) is 0 Å². The van der Waals surface area contributed by atoms with Crippen molar-refractivity contribution in [2.24, 2.45) is 0 Å². The fourth-order valence-corrected chi connectivity index (χ4v) is 2.52. The van der Waals surface area contributed by atoms with Crippen molar-refractivity contribution in [3.8, 4) is 11.4 Å². The highest BCUT2D eigenvalue weighted by atomic mass is 16.5. The van der Waals surface area contributed by atoms with Crippen molar-refractivity contribution in [2.45, 2.75) is 26.9 Å². The second-order valence-corrected chi connectivity index (χ2v) is 5.72. The molecule has 5 heteroatoms. The third kappa shape index (κ3) is 3.63. The van der Waals surface area contributed by atoms with Gasteiger partial charge >= 0.3 is 0 Å². The van der Waals surface area contributed by atoms with Crippen LogP contribution in [0.5, 0.6) is 5.75 Å². The summed E-state index contributed by atoms with van der Waals surface area (Å²) in [4.78, 5) is 4.53. The van der Waals surface area contributed by atoms with E-state index < -0.39 is 0 Å². The van der Waals surface area contributed by atoms with E-state index in [9.17, 15) is 5.11 Å². The molecule has 3 rings (SSSR count). The van der Waals surface area contributed by atoms with E-state index in [1.165, 1.54) is 0 Å². The molecule has 0 unspecified atom stereocenters. The smallest absolute Gasteiger partial charge is 0.188 e. The molecule has 0 saturated carbocycles. The minimum atomic E-state index is 0.0303. The zero-order valence-corrected chi connectivity index (χ0v) is 13.9. The molecular formula is C19H21N3O2. The number of hydrogen-bond acceptors (Lipinski definition) is 4. The van der Waals surface area contributed by atoms with E-state index in [0.29, 0.717) is 18.9 Å². The van der Waals surface area contributed by atoms with Crippen molar-refractivity contribution in [3.05, 3.63) is 71.3 Å². The zero-order chi connectivity index (χ0) is 16.9. The van der Waals surface area contributed by atoms with E-state index in [1.807, 2.05) is 48.9 Å². The first kappa shape index (κ1) is 16.2. The van der Waals surface area contributed by atoms with Crippen LogP contribution in [0.25, 0.3) is 5.69 Å². The van der Waals surface area contributed by atoms with Gasteiger partial charge in [0.15, 0.2) is 5.82 Å². The summed E-state index contributed by atoms with van der Waals surface area (Å²) >= 11 is 0. The number of aryl methyl sites for hydroxylation is 2. The Morgan fingerprint density at radius 2 is 1.88 bits per heavy atom. The Bertz CT molecular complexity index is 813. The Hall–Kier alpha value is -2.66. The molecule has 0 fully saturated rings. The average Bonchev–Trinajstić information content (AvgIpc) is 2.99. The molecule has 0 saturated heterocycles. The van der Waals surface area contributed by atoms with Crippen molar-refractivity contribution < 1.29 is 9.84 Å². The van der Waals surface area contributed by atoms with Gasteiger partial charge in [0.1, 0.15) is 18.2 Å². The average molecular weight is 323 g/mol. The van der Waals surface area contributed by atoms with Gasteiger partial charge in [-0.15, -0.1) is 5.10 Å². The van der Waals surface area contributed by atoms with E-state index >= 15 is 0 Å². The van der Waals surface area contributed by atoms with Crippen LogP contribution in [0.4, 0.5) is 0 Å². The molecule has 0 spiro atoms. The summed E-state index contributed by atoms with van der Waals surface area (Å²) in [6.07, 6.45) is 0.450. The highest BCUT2D eigenvalue weighted by Crippen LogP contribution is 2.18. The Balaban J connectivity index is 1.88. The molecule has 0 atom stereocenters. The molecule has 0 aliphatic rings. The first-order chi connectivity index (χ1) is 11.7.